The third-order valence-corrected chi connectivity index (χ3v) is 7.45. The van der Waals surface area contributed by atoms with Crippen LogP contribution in [0.25, 0.3) is 0 Å². The third kappa shape index (κ3) is 3.15. The minimum absolute atomic E-state index is 0.0305. The SMILES string of the molecule is CSc1sc(C(=O)O)cc1S(=O)(=O)c1ccc(F)c(Br)c1. The van der Waals surface area contributed by atoms with Gasteiger partial charge in [-0.3, -0.25) is 0 Å². The number of carboxylic acid groups (broad SMARTS) is 1. The molecule has 21 heavy (non-hydrogen) atoms. The topological polar surface area (TPSA) is 71.4 Å². The van der Waals surface area contributed by atoms with Crippen LogP contribution in [0.3, 0.4) is 0 Å². The van der Waals surface area contributed by atoms with E-state index in [-0.39, 0.29) is 19.1 Å². The maximum Gasteiger partial charge on any atom is 0.345 e. The number of hydrogen-bond donors (Lipinski definition) is 1. The number of thioether (sulfide) groups is 1. The van der Waals surface area contributed by atoms with Crippen LogP contribution in [0.4, 0.5) is 4.39 Å². The van der Waals surface area contributed by atoms with Gasteiger partial charge < -0.3 is 5.11 Å². The number of rotatable bonds is 4. The molecular formula is C12H8BrFO4S3. The first-order valence-corrected chi connectivity index (χ1v) is 9.70. The monoisotopic (exact) mass is 410 g/mol. The van der Waals surface area contributed by atoms with Crippen LogP contribution >= 0.6 is 39.0 Å². The maximum absolute atomic E-state index is 13.2. The van der Waals surface area contributed by atoms with Crippen molar-refractivity contribution in [1.29, 1.82) is 0 Å². The fourth-order valence-corrected chi connectivity index (χ4v) is 5.95. The van der Waals surface area contributed by atoms with Gasteiger partial charge in [-0.25, -0.2) is 17.6 Å². The number of halogens is 2. The normalized spacial score (nSPS) is 11.6. The number of carboxylic acids is 1. The van der Waals surface area contributed by atoms with Crippen molar-refractivity contribution < 1.29 is 22.7 Å². The van der Waals surface area contributed by atoms with E-state index in [0.717, 1.165) is 47.4 Å². The zero-order valence-corrected chi connectivity index (χ0v) is 14.5. The summed E-state index contributed by atoms with van der Waals surface area (Å²) >= 11 is 4.99. The first-order valence-electron chi connectivity index (χ1n) is 5.38. The number of aromatic carboxylic acids is 1. The second kappa shape index (κ2) is 6.07. The largest absolute Gasteiger partial charge is 0.477 e. The number of thiophene rings is 1. The molecule has 1 aromatic carbocycles. The quantitative estimate of drug-likeness (QED) is 0.610. The van der Waals surface area contributed by atoms with Gasteiger partial charge in [0.25, 0.3) is 0 Å². The molecule has 0 amide bonds. The van der Waals surface area contributed by atoms with Crippen LogP contribution in [0, 0.1) is 5.82 Å². The van der Waals surface area contributed by atoms with E-state index in [9.17, 15) is 17.6 Å². The summed E-state index contributed by atoms with van der Waals surface area (Å²) in [6.07, 6.45) is 1.66. The van der Waals surface area contributed by atoms with Crippen LogP contribution in [0.15, 0.2) is 42.7 Å². The number of carbonyl (C=O) groups is 1. The van der Waals surface area contributed by atoms with Crippen molar-refractivity contribution in [2.75, 3.05) is 6.26 Å². The van der Waals surface area contributed by atoms with Crippen molar-refractivity contribution in [1.82, 2.24) is 0 Å². The van der Waals surface area contributed by atoms with Gasteiger partial charge in [-0.2, -0.15) is 0 Å². The summed E-state index contributed by atoms with van der Waals surface area (Å²) in [5.74, 6) is -1.76. The lowest BCUT2D eigenvalue weighted by Crippen LogP contribution is -2.02. The molecule has 0 bridgehead atoms. The lowest BCUT2D eigenvalue weighted by atomic mass is 10.3. The Hall–Kier alpha value is -0.900. The summed E-state index contributed by atoms with van der Waals surface area (Å²) < 4.78 is 38.8. The molecule has 0 saturated heterocycles. The van der Waals surface area contributed by atoms with E-state index in [2.05, 4.69) is 15.9 Å². The molecule has 0 radical (unpaired) electrons. The fourth-order valence-electron chi connectivity index (χ4n) is 1.56. The zero-order valence-electron chi connectivity index (χ0n) is 10.5. The van der Waals surface area contributed by atoms with Crippen molar-refractivity contribution in [3.63, 3.8) is 0 Å². The molecule has 1 aromatic heterocycles. The van der Waals surface area contributed by atoms with Crippen molar-refractivity contribution >= 4 is 54.8 Å². The lowest BCUT2D eigenvalue weighted by molar-refractivity contribution is 0.0702. The van der Waals surface area contributed by atoms with Crippen molar-refractivity contribution in [2.45, 2.75) is 14.0 Å². The van der Waals surface area contributed by atoms with Crippen molar-refractivity contribution in [2.24, 2.45) is 0 Å². The average molecular weight is 411 g/mol. The first-order chi connectivity index (χ1) is 9.77. The summed E-state index contributed by atoms with van der Waals surface area (Å²) in [5, 5.41) is 8.98. The van der Waals surface area contributed by atoms with E-state index < -0.39 is 21.6 Å². The Morgan fingerprint density at radius 1 is 1.38 bits per heavy atom. The van der Waals surface area contributed by atoms with E-state index in [1.807, 2.05) is 0 Å². The van der Waals surface area contributed by atoms with Gasteiger partial charge >= 0.3 is 5.97 Å². The standard InChI is InChI=1S/C12H8BrFO4S3/c1-19-12-10(5-9(20-12)11(15)16)21(17,18)6-2-3-8(14)7(13)4-6/h2-5H,1H3,(H,15,16). The molecule has 0 aliphatic rings. The molecule has 0 saturated carbocycles. The Morgan fingerprint density at radius 3 is 2.57 bits per heavy atom. The summed E-state index contributed by atoms with van der Waals surface area (Å²) in [7, 11) is -3.90. The highest BCUT2D eigenvalue weighted by molar-refractivity contribution is 9.10. The Bertz CT molecular complexity index is 814. The van der Waals surface area contributed by atoms with Crippen molar-refractivity contribution in [3.8, 4) is 0 Å². The molecule has 112 valence electrons. The van der Waals surface area contributed by atoms with Gasteiger partial charge in [-0.15, -0.1) is 23.1 Å². The Kier molecular flexibility index (Phi) is 4.76. The molecule has 0 atom stereocenters. The molecule has 0 spiro atoms. The lowest BCUT2D eigenvalue weighted by Gasteiger charge is -2.05. The Morgan fingerprint density at radius 2 is 2.05 bits per heavy atom. The van der Waals surface area contributed by atoms with Gasteiger partial charge in [0.2, 0.25) is 9.84 Å². The minimum atomic E-state index is -3.90. The number of hydrogen-bond acceptors (Lipinski definition) is 5. The van der Waals surface area contributed by atoms with Crippen LogP contribution in [0.5, 0.6) is 0 Å². The molecule has 2 aromatic rings. The summed E-state index contributed by atoms with van der Waals surface area (Å²) in [4.78, 5) is 10.8. The predicted molar refractivity (Wildman–Crippen MR) is 82.6 cm³/mol. The summed E-state index contributed by atoms with van der Waals surface area (Å²) in [6, 6.07) is 4.48. The highest BCUT2D eigenvalue weighted by atomic mass is 79.9. The third-order valence-electron chi connectivity index (χ3n) is 2.55. The van der Waals surface area contributed by atoms with Crippen LogP contribution in [0.2, 0.25) is 0 Å². The maximum atomic E-state index is 13.2. The van der Waals surface area contributed by atoms with E-state index in [1.165, 1.54) is 0 Å². The van der Waals surface area contributed by atoms with Crippen molar-refractivity contribution in [3.05, 3.63) is 39.4 Å². The van der Waals surface area contributed by atoms with Gasteiger partial charge in [-0.05, 0) is 46.5 Å². The molecule has 0 aliphatic heterocycles. The molecule has 0 aliphatic carbocycles. The van der Waals surface area contributed by atoms with Gasteiger partial charge in [0, 0.05) is 0 Å². The molecule has 9 heteroatoms. The number of benzene rings is 1. The molecule has 0 fully saturated rings. The highest BCUT2D eigenvalue weighted by Crippen LogP contribution is 2.37. The van der Waals surface area contributed by atoms with E-state index in [4.69, 9.17) is 5.11 Å². The molecule has 0 unspecified atom stereocenters. The average Bonchev–Trinajstić information content (AvgIpc) is 2.86. The molecule has 1 heterocycles. The molecule has 4 nitrogen and oxygen atoms in total. The van der Waals surface area contributed by atoms with Gasteiger partial charge in [0.05, 0.1) is 18.5 Å². The predicted octanol–water partition coefficient (Wildman–Crippen LogP) is 3.90. The second-order valence-corrected chi connectivity index (χ2v) is 8.75. The second-order valence-electron chi connectivity index (χ2n) is 3.85. The summed E-state index contributed by atoms with van der Waals surface area (Å²) in [6.45, 7) is 0. The summed E-state index contributed by atoms with van der Waals surface area (Å²) in [5.41, 5.74) is 0. The Balaban J connectivity index is 2.63. The zero-order chi connectivity index (χ0) is 15.8. The first kappa shape index (κ1) is 16.5. The van der Waals surface area contributed by atoms with Crippen LogP contribution in [-0.2, 0) is 9.84 Å². The van der Waals surface area contributed by atoms with E-state index in [1.54, 1.807) is 6.26 Å². The van der Waals surface area contributed by atoms with Crippen LogP contribution in [0.1, 0.15) is 9.67 Å². The number of sulfone groups is 1. The van der Waals surface area contributed by atoms with Crippen LogP contribution < -0.4 is 0 Å². The molecule has 1 N–H and O–H groups in total. The van der Waals surface area contributed by atoms with Gasteiger partial charge in [0.15, 0.2) is 0 Å². The minimum Gasteiger partial charge on any atom is -0.477 e. The fraction of sp³-hybridized carbons (Fsp3) is 0.0833. The molecule has 2 rings (SSSR count). The van der Waals surface area contributed by atoms with E-state index in [0.29, 0.717) is 4.21 Å². The van der Waals surface area contributed by atoms with Gasteiger partial charge in [0.1, 0.15) is 10.7 Å². The van der Waals surface area contributed by atoms with Gasteiger partial charge in [-0.1, -0.05) is 0 Å². The Labute approximate surface area is 137 Å². The van der Waals surface area contributed by atoms with E-state index >= 15 is 0 Å². The van der Waals surface area contributed by atoms with Crippen LogP contribution in [-0.4, -0.2) is 25.7 Å². The smallest absolute Gasteiger partial charge is 0.345 e. The molecular weight excluding hydrogens is 403 g/mol. The highest BCUT2D eigenvalue weighted by Gasteiger charge is 2.26.